The molecule has 1 atom stereocenters. The van der Waals surface area contributed by atoms with Crippen LogP contribution in [-0.4, -0.2) is 54.8 Å². The number of phenols is 1. The molecule has 6 heteroatoms. The van der Waals surface area contributed by atoms with Crippen molar-refractivity contribution >= 4 is 17.4 Å². The van der Waals surface area contributed by atoms with Crippen molar-refractivity contribution in [2.75, 3.05) is 42.9 Å². The SMILES string of the molecule is CCN1CCN(c2ccc(NC(=O)NC(C)CCc3ccc(O)cc3)cc2C)CC1. The maximum atomic E-state index is 12.4. The predicted octanol–water partition coefficient (Wildman–Crippen LogP) is 3.99. The highest BCUT2D eigenvalue weighted by Gasteiger charge is 2.17. The minimum absolute atomic E-state index is 0.0500. The molecule has 0 spiro atoms. The van der Waals surface area contributed by atoms with Crippen LogP contribution in [0.5, 0.6) is 5.75 Å². The van der Waals surface area contributed by atoms with E-state index in [1.807, 2.05) is 31.2 Å². The largest absolute Gasteiger partial charge is 0.508 e. The van der Waals surface area contributed by atoms with Gasteiger partial charge in [0, 0.05) is 43.6 Å². The molecule has 3 rings (SSSR count). The van der Waals surface area contributed by atoms with Crippen LogP contribution in [-0.2, 0) is 6.42 Å². The monoisotopic (exact) mass is 410 g/mol. The maximum Gasteiger partial charge on any atom is 0.319 e. The molecule has 2 amide bonds. The van der Waals surface area contributed by atoms with Crippen molar-refractivity contribution in [1.29, 1.82) is 0 Å². The third-order valence-electron chi connectivity index (χ3n) is 5.79. The van der Waals surface area contributed by atoms with Crippen LogP contribution in [0.15, 0.2) is 42.5 Å². The summed E-state index contributed by atoms with van der Waals surface area (Å²) in [5.41, 5.74) is 4.39. The average molecular weight is 411 g/mol. The van der Waals surface area contributed by atoms with Crippen LogP contribution in [0.25, 0.3) is 0 Å². The van der Waals surface area contributed by atoms with Gasteiger partial charge in [0.2, 0.25) is 0 Å². The number of likely N-dealkylation sites (N-methyl/N-ethyl adjacent to an activating group) is 1. The van der Waals surface area contributed by atoms with Gasteiger partial charge in [-0.15, -0.1) is 0 Å². The van der Waals surface area contributed by atoms with Crippen LogP contribution in [0.2, 0.25) is 0 Å². The summed E-state index contributed by atoms with van der Waals surface area (Å²) in [6, 6.07) is 13.2. The molecule has 1 unspecified atom stereocenters. The third-order valence-corrected chi connectivity index (χ3v) is 5.79. The van der Waals surface area contributed by atoms with E-state index < -0.39 is 0 Å². The van der Waals surface area contributed by atoms with E-state index in [9.17, 15) is 9.90 Å². The fraction of sp³-hybridized carbons (Fsp3) is 0.458. The molecule has 0 saturated carbocycles. The molecular weight excluding hydrogens is 376 g/mol. The topological polar surface area (TPSA) is 67.8 Å². The summed E-state index contributed by atoms with van der Waals surface area (Å²) < 4.78 is 0. The number of carbonyl (C=O) groups excluding carboxylic acids is 1. The summed E-state index contributed by atoms with van der Waals surface area (Å²) in [5, 5.41) is 15.3. The molecule has 30 heavy (non-hydrogen) atoms. The molecule has 0 radical (unpaired) electrons. The molecule has 1 aliphatic heterocycles. The lowest BCUT2D eigenvalue weighted by atomic mass is 10.1. The number of anilines is 2. The molecule has 1 aliphatic rings. The van der Waals surface area contributed by atoms with E-state index in [0.29, 0.717) is 0 Å². The van der Waals surface area contributed by atoms with E-state index in [-0.39, 0.29) is 17.8 Å². The molecule has 0 bridgehead atoms. The average Bonchev–Trinajstić information content (AvgIpc) is 2.73. The molecule has 1 saturated heterocycles. The highest BCUT2D eigenvalue weighted by atomic mass is 16.3. The van der Waals surface area contributed by atoms with Crippen molar-refractivity contribution in [2.45, 2.75) is 39.7 Å². The van der Waals surface area contributed by atoms with Crippen molar-refractivity contribution in [1.82, 2.24) is 10.2 Å². The molecule has 0 aliphatic carbocycles. The van der Waals surface area contributed by atoms with E-state index in [2.05, 4.69) is 40.3 Å². The number of hydrogen-bond acceptors (Lipinski definition) is 4. The first-order chi connectivity index (χ1) is 14.4. The van der Waals surface area contributed by atoms with Gasteiger partial charge < -0.3 is 25.5 Å². The zero-order chi connectivity index (χ0) is 21.5. The van der Waals surface area contributed by atoms with Gasteiger partial charge in [-0.3, -0.25) is 0 Å². The Morgan fingerprint density at radius 2 is 1.80 bits per heavy atom. The smallest absolute Gasteiger partial charge is 0.319 e. The van der Waals surface area contributed by atoms with Gasteiger partial charge >= 0.3 is 6.03 Å². The van der Waals surface area contributed by atoms with Gasteiger partial charge in [-0.1, -0.05) is 19.1 Å². The lowest BCUT2D eigenvalue weighted by molar-refractivity contribution is 0.248. The fourth-order valence-electron chi connectivity index (χ4n) is 3.90. The summed E-state index contributed by atoms with van der Waals surface area (Å²) >= 11 is 0. The van der Waals surface area contributed by atoms with Crippen molar-refractivity contribution in [3.63, 3.8) is 0 Å². The molecule has 1 fully saturated rings. The van der Waals surface area contributed by atoms with Gasteiger partial charge in [0.05, 0.1) is 0 Å². The Labute approximate surface area is 179 Å². The van der Waals surface area contributed by atoms with Crippen molar-refractivity contribution < 1.29 is 9.90 Å². The first kappa shape index (κ1) is 22.0. The fourth-order valence-corrected chi connectivity index (χ4v) is 3.90. The Morgan fingerprint density at radius 3 is 2.43 bits per heavy atom. The molecule has 0 aromatic heterocycles. The van der Waals surface area contributed by atoms with Gasteiger partial charge in [0.1, 0.15) is 5.75 Å². The summed E-state index contributed by atoms with van der Waals surface area (Å²) in [5.74, 6) is 0.272. The number of hydrogen-bond donors (Lipinski definition) is 3. The van der Waals surface area contributed by atoms with Crippen LogP contribution >= 0.6 is 0 Å². The van der Waals surface area contributed by atoms with Crippen molar-refractivity contribution in [3.05, 3.63) is 53.6 Å². The van der Waals surface area contributed by atoms with Crippen LogP contribution in [0, 0.1) is 6.92 Å². The molecule has 6 nitrogen and oxygen atoms in total. The minimum Gasteiger partial charge on any atom is -0.508 e. The Balaban J connectivity index is 1.47. The zero-order valence-electron chi connectivity index (χ0n) is 18.3. The second kappa shape index (κ2) is 10.3. The van der Waals surface area contributed by atoms with Gasteiger partial charge in [0.25, 0.3) is 0 Å². The lowest BCUT2D eigenvalue weighted by Crippen LogP contribution is -2.46. The Bertz CT molecular complexity index is 830. The molecule has 3 N–H and O–H groups in total. The quantitative estimate of drug-likeness (QED) is 0.646. The minimum atomic E-state index is -0.183. The number of nitrogens with one attached hydrogen (secondary N) is 2. The summed E-state index contributed by atoms with van der Waals surface area (Å²) in [7, 11) is 0. The number of piperazine rings is 1. The van der Waals surface area contributed by atoms with E-state index in [1.165, 1.54) is 11.3 Å². The lowest BCUT2D eigenvalue weighted by Gasteiger charge is -2.36. The standard InChI is InChI=1S/C24H34N4O2/c1-4-27-13-15-28(16-14-27)23-12-9-21(17-18(23)2)26-24(30)25-19(3)5-6-20-7-10-22(29)11-8-20/h7-12,17,19,29H,4-6,13-16H2,1-3H3,(H2,25,26,30). The highest BCUT2D eigenvalue weighted by molar-refractivity contribution is 5.89. The summed E-state index contributed by atoms with van der Waals surface area (Å²) in [4.78, 5) is 17.3. The van der Waals surface area contributed by atoms with Gasteiger partial charge in [-0.05, 0) is 74.7 Å². The van der Waals surface area contributed by atoms with E-state index in [0.717, 1.165) is 56.8 Å². The Kier molecular flexibility index (Phi) is 7.57. The maximum absolute atomic E-state index is 12.4. The van der Waals surface area contributed by atoms with E-state index in [1.54, 1.807) is 12.1 Å². The van der Waals surface area contributed by atoms with E-state index in [4.69, 9.17) is 0 Å². The summed E-state index contributed by atoms with van der Waals surface area (Å²) in [6.07, 6.45) is 1.68. The molecule has 2 aromatic rings. The number of aromatic hydroxyl groups is 1. The van der Waals surface area contributed by atoms with Crippen LogP contribution in [0.1, 0.15) is 31.4 Å². The van der Waals surface area contributed by atoms with Crippen LogP contribution in [0.4, 0.5) is 16.2 Å². The van der Waals surface area contributed by atoms with Crippen LogP contribution < -0.4 is 15.5 Å². The van der Waals surface area contributed by atoms with E-state index >= 15 is 0 Å². The number of aryl methyl sites for hydroxylation is 2. The first-order valence-electron chi connectivity index (χ1n) is 10.9. The van der Waals surface area contributed by atoms with Gasteiger partial charge in [-0.2, -0.15) is 0 Å². The number of rotatable bonds is 7. The number of phenolic OH excluding ortho intramolecular Hbond substituents is 1. The van der Waals surface area contributed by atoms with Gasteiger partial charge in [0.15, 0.2) is 0 Å². The zero-order valence-corrected chi connectivity index (χ0v) is 18.3. The number of benzene rings is 2. The summed E-state index contributed by atoms with van der Waals surface area (Å²) in [6.45, 7) is 11.7. The van der Waals surface area contributed by atoms with Crippen molar-refractivity contribution in [2.24, 2.45) is 0 Å². The molecular formula is C24H34N4O2. The Hall–Kier alpha value is -2.73. The molecule has 2 aromatic carbocycles. The van der Waals surface area contributed by atoms with Gasteiger partial charge in [-0.25, -0.2) is 4.79 Å². The number of nitrogens with zero attached hydrogens (tertiary/aromatic N) is 2. The normalized spacial score (nSPS) is 15.6. The number of amides is 2. The predicted molar refractivity (Wildman–Crippen MR) is 124 cm³/mol. The second-order valence-electron chi connectivity index (χ2n) is 8.13. The number of urea groups is 1. The second-order valence-corrected chi connectivity index (χ2v) is 8.13. The number of carbonyl (C=O) groups is 1. The Morgan fingerprint density at radius 1 is 1.10 bits per heavy atom. The molecule has 1 heterocycles. The van der Waals surface area contributed by atoms with Crippen LogP contribution in [0.3, 0.4) is 0 Å². The molecule has 162 valence electrons. The third kappa shape index (κ3) is 6.13. The highest BCUT2D eigenvalue weighted by Crippen LogP contribution is 2.24. The first-order valence-corrected chi connectivity index (χ1v) is 10.9. The van der Waals surface area contributed by atoms with Crippen molar-refractivity contribution in [3.8, 4) is 5.75 Å².